The van der Waals surface area contributed by atoms with Crippen LogP contribution in [0.25, 0.3) is 22.7 Å². The van der Waals surface area contributed by atoms with Crippen molar-refractivity contribution in [1.82, 2.24) is 9.97 Å². The van der Waals surface area contributed by atoms with Gasteiger partial charge in [-0.1, -0.05) is 12.1 Å². The summed E-state index contributed by atoms with van der Waals surface area (Å²) in [6.07, 6.45) is 3.26. The lowest BCUT2D eigenvalue weighted by atomic mass is 10.1. The molecule has 0 radical (unpaired) electrons. The number of benzene rings is 1. The molecular formula is C18H17N3O3. The van der Waals surface area contributed by atoms with E-state index in [0.29, 0.717) is 22.6 Å². The van der Waals surface area contributed by atoms with Crippen LogP contribution in [0.3, 0.4) is 0 Å². The van der Waals surface area contributed by atoms with Crippen LogP contribution in [0.4, 0.5) is 5.82 Å². The van der Waals surface area contributed by atoms with Crippen LogP contribution in [0.15, 0.2) is 47.0 Å². The fourth-order valence-electron chi connectivity index (χ4n) is 2.31. The quantitative estimate of drug-likeness (QED) is 0.776. The summed E-state index contributed by atoms with van der Waals surface area (Å²) in [4.78, 5) is 21.8. The lowest BCUT2D eigenvalue weighted by Gasteiger charge is -2.10. The highest BCUT2D eigenvalue weighted by atomic mass is 16.4. The number of fused-ring (bicyclic) bond motifs is 1. The van der Waals surface area contributed by atoms with Gasteiger partial charge in [-0.05, 0) is 35.9 Å². The smallest absolute Gasteiger partial charge is 0.308 e. The van der Waals surface area contributed by atoms with E-state index in [1.165, 1.54) is 0 Å². The lowest BCUT2D eigenvalue weighted by molar-refractivity contribution is -0.135. The number of para-hydroxylation sites is 2. The van der Waals surface area contributed by atoms with Gasteiger partial charge in [0.2, 0.25) is 5.89 Å². The lowest BCUT2D eigenvalue weighted by Crippen LogP contribution is -2.10. The summed E-state index contributed by atoms with van der Waals surface area (Å²) in [7, 11) is 3.82. The summed E-state index contributed by atoms with van der Waals surface area (Å²) in [5, 5.41) is 9.18. The number of oxazole rings is 1. The Morgan fingerprint density at radius 2 is 2.04 bits per heavy atom. The second kappa shape index (κ2) is 6.54. The van der Waals surface area contributed by atoms with Crippen molar-refractivity contribution in [3.05, 3.63) is 54.0 Å². The van der Waals surface area contributed by atoms with E-state index in [0.717, 1.165) is 11.4 Å². The number of pyridine rings is 1. The molecule has 3 rings (SSSR count). The molecule has 0 unspecified atom stereocenters. The molecule has 6 heteroatoms. The number of carbonyl (C=O) groups is 1. The standard InChI is InChI=1S/C18H17N3O3/c1-21(2)16-8-7-12(11-19-16)9-13(10-17(22)23)18-20-14-5-3-4-6-15(14)24-18/h3-9,11H,10H2,1-2H3,(H,22,23)/b13-9+. The Labute approximate surface area is 139 Å². The van der Waals surface area contributed by atoms with E-state index in [9.17, 15) is 9.90 Å². The first-order chi connectivity index (χ1) is 11.5. The molecule has 2 aromatic heterocycles. The Morgan fingerprint density at radius 1 is 1.25 bits per heavy atom. The number of rotatable bonds is 5. The number of anilines is 1. The van der Waals surface area contributed by atoms with Crippen molar-refractivity contribution in [2.75, 3.05) is 19.0 Å². The van der Waals surface area contributed by atoms with Gasteiger partial charge in [-0.3, -0.25) is 4.79 Å². The van der Waals surface area contributed by atoms with Crippen molar-refractivity contribution in [2.24, 2.45) is 0 Å². The summed E-state index contributed by atoms with van der Waals surface area (Å²) >= 11 is 0. The number of nitrogens with zero attached hydrogens (tertiary/aromatic N) is 3. The van der Waals surface area contributed by atoms with Crippen LogP contribution in [0.2, 0.25) is 0 Å². The third-order valence-electron chi connectivity index (χ3n) is 3.48. The SMILES string of the molecule is CN(C)c1ccc(/C=C(\CC(=O)O)c2nc3ccccc3o2)cn1. The molecule has 1 aromatic carbocycles. The zero-order valence-corrected chi connectivity index (χ0v) is 13.4. The van der Waals surface area contributed by atoms with E-state index in [1.54, 1.807) is 18.3 Å². The van der Waals surface area contributed by atoms with Crippen molar-refractivity contribution in [1.29, 1.82) is 0 Å². The van der Waals surface area contributed by atoms with Gasteiger partial charge in [-0.2, -0.15) is 0 Å². The fraction of sp³-hybridized carbons (Fsp3) is 0.167. The van der Waals surface area contributed by atoms with Gasteiger partial charge in [-0.15, -0.1) is 0 Å². The first-order valence-corrected chi connectivity index (χ1v) is 7.44. The number of aliphatic carboxylic acids is 1. The molecule has 24 heavy (non-hydrogen) atoms. The van der Waals surface area contributed by atoms with Crippen LogP contribution in [0.1, 0.15) is 17.9 Å². The molecule has 0 amide bonds. The second-order valence-electron chi connectivity index (χ2n) is 5.57. The summed E-state index contributed by atoms with van der Waals surface area (Å²) < 4.78 is 5.69. The fourth-order valence-corrected chi connectivity index (χ4v) is 2.31. The van der Waals surface area contributed by atoms with Gasteiger partial charge in [0, 0.05) is 25.9 Å². The molecule has 0 atom stereocenters. The van der Waals surface area contributed by atoms with E-state index in [-0.39, 0.29) is 6.42 Å². The highest BCUT2D eigenvalue weighted by molar-refractivity contribution is 5.90. The summed E-state index contributed by atoms with van der Waals surface area (Å²) in [5.74, 6) is 0.199. The van der Waals surface area contributed by atoms with E-state index >= 15 is 0 Å². The summed E-state index contributed by atoms with van der Waals surface area (Å²) in [6.45, 7) is 0. The number of hydrogen-bond donors (Lipinski definition) is 1. The van der Waals surface area contributed by atoms with Crippen LogP contribution in [0, 0.1) is 0 Å². The molecule has 0 saturated heterocycles. The number of hydrogen-bond acceptors (Lipinski definition) is 5. The van der Waals surface area contributed by atoms with Gasteiger partial charge in [0.1, 0.15) is 11.3 Å². The Hall–Kier alpha value is -3.15. The van der Waals surface area contributed by atoms with Gasteiger partial charge in [0.25, 0.3) is 0 Å². The van der Waals surface area contributed by atoms with Crippen molar-refractivity contribution in [2.45, 2.75) is 6.42 Å². The maximum Gasteiger partial charge on any atom is 0.308 e. The normalized spacial score (nSPS) is 11.7. The average Bonchev–Trinajstić information content (AvgIpc) is 2.98. The zero-order valence-electron chi connectivity index (χ0n) is 13.4. The third kappa shape index (κ3) is 3.43. The molecule has 0 saturated carbocycles. The van der Waals surface area contributed by atoms with Gasteiger partial charge < -0.3 is 14.4 Å². The molecule has 2 heterocycles. The van der Waals surface area contributed by atoms with Crippen LogP contribution in [0.5, 0.6) is 0 Å². The number of carboxylic acids is 1. The van der Waals surface area contributed by atoms with Crippen molar-refractivity contribution in [3.8, 4) is 0 Å². The Kier molecular flexibility index (Phi) is 4.29. The molecule has 0 aliphatic heterocycles. The summed E-state index contributed by atoms with van der Waals surface area (Å²) in [5.41, 5.74) is 2.62. The van der Waals surface area contributed by atoms with Crippen molar-refractivity contribution >= 4 is 34.5 Å². The van der Waals surface area contributed by atoms with Crippen LogP contribution in [-0.2, 0) is 4.79 Å². The first-order valence-electron chi connectivity index (χ1n) is 7.44. The topological polar surface area (TPSA) is 79.5 Å². The second-order valence-corrected chi connectivity index (χ2v) is 5.57. The van der Waals surface area contributed by atoms with Gasteiger partial charge in [-0.25, -0.2) is 9.97 Å². The van der Waals surface area contributed by atoms with Crippen molar-refractivity contribution < 1.29 is 14.3 Å². The predicted octanol–water partition coefficient (Wildman–Crippen LogP) is 3.30. The maximum atomic E-state index is 11.2. The zero-order chi connectivity index (χ0) is 17.1. The molecule has 1 N–H and O–H groups in total. The monoisotopic (exact) mass is 323 g/mol. The predicted molar refractivity (Wildman–Crippen MR) is 92.7 cm³/mol. The van der Waals surface area contributed by atoms with Crippen LogP contribution >= 0.6 is 0 Å². The minimum atomic E-state index is -0.943. The molecule has 0 aliphatic carbocycles. The molecule has 3 aromatic rings. The molecule has 122 valence electrons. The minimum absolute atomic E-state index is 0.178. The van der Waals surface area contributed by atoms with E-state index in [2.05, 4.69) is 9.97 Å². The van der Waals surface area contributed by atoms with Crippen LogP contribution < -0.4 is 4.90 Å². The number of aromatic nitrogens is 2. The molecule has 0 aliphatic rings. The molecule has 0 spiro atoms. The van der Waals surface area contributed by atoms with Crippen LogP contribution in [-0.4, -0.2) is 35.1 Å². The van der Waals surface area contributed by atoms with Crippen molar-refractivity contribution in [3.63, 3.8) is 0 Å². The van der Waals surface area contributed by atoms with Gasteiger partial charge in [0.05, 0.1) is 6.42 Å². The number of carboxylic acid groups (broad SMARTS) is 1. The first kappa shape index (κ1) is 15.7. The van der Waals surface area contributed by atoms with Gasteiger partial charge in [0.15, 0.2) is 5.58 Å². The van der Waals surface area contributed by atoms with E-state index in [4.69, 9.17) is 4.42 Å². The Balaban J connectivity index is 2.00. The third-order valence-corrected chi connectivity index (χ3v) is 3.48. The Bertz CT molecular complexity index is 862. The van der Waals surface area contributed by atoms with E-state index in [1.807, 2.05) is 49.3 Å². The highest BCUT2D eigenvalue weighted by Gasteiger charge is 2.14. The minimum Gasteiger partial charge on any atom is -0.481 e. The average molecular weight is 323 g/mol. The molecule has 0 bridgehead atoms. The molecule has 6 nitrogen and oxygen atoms in total. The van der Waals surface area contributed by atoms with Gasteiger partial charge >= 0.3 is 5.97 Å². The summed E-state index contributed by atoms with van der Waals surface area (Å²) in [6, 6.07) is 11.1. The molecular weight excluding hydrogens is 306 g/mol. The highest BCUT2D eigenvalue weighted by Crippen LogP contribution is 2.25. The molecule has 0 fully saturated rings. The maximum absolute atomic E-state index is 11.2. The van der Waals surface area contributed by atoms with E-state index < -0.39 is 5.97 Å². The Morgan fingerprint density at radius 3 is 2.67 bits per heavy atom. The largest absolute Gasteiger partial charge is 0.481 e.